The molecule has 3 aromatic rings. The summed E-state index contributed by atoms with van der Waals surface area (Å²) in [6.45, 7) is 5.53. The van der Waals surface area contributed by atoms with E-state index in [0.717, 1.165) is 11.8 Å². The molecule has 3 rings (SSSR count). The average molecular weight is 513 g/mol. The van der Waals surface area contributed by atoms with Crippen LogP contribution in [-0.2, 0) is 14.6 Å². The zero-order valence-corrected chi connectivity index (χ0v) is 19.8. The van der Waals surface area contributed by atoms with Crippen LogP contribution in [0.25, 0.3) is 22.6 Å². The Morgan fingerprint density at radius 2 is 1.77 bits per heavy atom. The van der Waals surface area contributed by atoms with Gasteiger partial charge in [-0.15, -0.1) is 0 Å². The van der Waals surface area contributed by atoms with Gasteiger partial charge in [-0.1, -0.05) is 0 Å². The van der Waals surface area contributed by atoms with E-state index in [4.69, 9.17) is 9.90 Å². The van der Waals surface area contributed by atoms with Crippen LogP contribution in [0.4, 0.5) is 13.2 Å². The van der Waals surface area contributed by atoms with Gasteiger partial charge in [-0.2, -0.15) is 13.2 Å². The number of rotatable bonds is 5. The average Bonchev–Trinajstić information content (AvgIpc) is 3.14. The molecule has 14 heteroatoms. The standard InChI is InChI=1S/C19H21N5O3S.C2HF3O2/c1-11(2)22-19(25)17-12(3)23-18(24-17)16-8-13(5-6-21-16)14-7-15(10-20-9-14)28(4,26)27;3-2(4,5)1(6)7/h5-11H,1-4H3,(H,22,25)(H,23,24);(H,6,7). The van der Waals surface area contributed by atoms with Crippen LogP contribution in [0.3, 0.4) is 0 Å². The summed E-state index contributed by atoms with van der Waals surface area (Å²) in [7, 11) is -3.36. The van der Waals surface area contributed by atoms with E-state index >= 15 is 0 Å². The lowest BCUT2D eigenvalue weighted by molar-refractivity contribution is -0.192. The minimum atomic E-state index is -5.08. The fourth-order valence-corrected chi connectivity index (χ4v) is 3.25. The number of nitrogens with zero attached hydrogens (tertiary/aromatic N) is 3. The zero-order chi connectivity index (χ0) is 26.6. The second kappa shape index (κ2) is 10.6. The van der Waals surface area contributed by atoms with E-state index in [9.17, 15) is 26.4 Å². The number of carboxylic acids is 1. The lowest BCUT2D eigenvalue weighted by atomic mass is 10.1. The fourth-order valence-electron chi connectivity index (χ4n) is 2.65. The van der Waals surface area contributed by atoms with Gasteiger partial charge in [0.2, 0.25) is 0 Å². The van der Waals surface area contributed by atoms with Gasteiger partial charge in [0.15, 0.2) is 15.7 Å². The predicted octanol–water partition coefficient (Wildman–Crippen LogP) is 3.02. The maximum Gasteiger partial charge on any atom is 0.490 e. The Morgan fingerprint density at radius 3 is 2.31 bits per heavy atom. The quantitative estimate of drug-likeness (QED) is 0.470. The van der Waals surface area contributed by atoms with Crippen molar-refractivity contribution in [3.8, 4) is 22.6 Å². The molecule has 0 aromatic carbocycles. The smallest absolute Gasteiger partial charge is 0.475 e. The number of halogens is 3. The number of nitrogens with one attached hydrogen (secondary N) is 2. The molecule has 1 amide bonds. The van der Waals surface area contributed by atoms with Crippen LogP contribution in [0, 0.1) is 6.92 Å². The summed E-state index contributed by atoms with van der Waals surface area (Å²) in [4.78, 5) is 37.1. The van der Waals surface area contributed by atoms with E-state index in [1.54, 1.807) is 37.5 Å². The number of carbonyl (C=O) groups excluding carboxylic acids is 1. The summed E-state index contributed by atoms with van der Waals surface area (Å²) in [5.41, 5.74) is 2.88. The Bertz CT molecular complexity index is 1340. The monoisotopic (exact) mass is 513 g/mol. The van der Waals surface area contributed by atoms with Gasteiger partial charge in [0.05, 0.1) is 4.90 Å². The largest absolute Gasteiger partial charge is 0.490 e. The fraction of sp³-hybridized carbons (Fsp3) is 0.286. The molecule has 188 valence electrons. The number of carboxylic acid groups (broad SMARTS) is 1. The molecule has 0 atom stereocenters. The van der Waals surface area contributed by atoms with E-state index in [1.807, 2.05) is 13.8 Å². The first-order valence-corrected chi connectivity index (χ1v) is 11.8. The van der Waals surface area contributed by atoms with Gasteiger partial charge in [0, 0.05) is 42.1 Å². The maximum absolute atomic E-state index is 12.3. The van der Waals surface area contributed by atoms with Gasteiger partial charge in [0.1, 0.15) is 11.4 Å². The zero-order valence-electron chi connectivity index (χ0n) is 19.0. The highest BCUT2D eigenvalue weighted by Crippen LogP contribution is 2.25. The summed E-state index contributed by atoms with van der Waals surface area (Å²) in [5.74, 6) is -2.55. The highest BCUT2D eigenvalue weighted by molar-refractivity contribution is 7.90. The van der Waals surface area contributed by atoms with Crippen molar-refractivity contribution in [1.29, 1.82) is 0 Å². The van der Waals surface area contributed by atoms with E-state index in [-0.39, 0.29) is 16.8 Å². The van der Waals surface area contributed by atoms with Crippen LogP contribution in [0.2, 0.25) is 0 Å². The summed E-state index contributed by atoms with van der Waals surface area (Å²) >= 11 is 0. The van der Waals surface area contributed by atoms with Gasteiger partial charge in [-0.05, 0) is 44.5 Å². The van der Waals surface area contributed by atoms with Crippen LogP contribution >= 0.6 is 0 Å². The van der Waals surface area contributed by atoms with Crippen molar-refractivity contribution < 1.29 is 36.3 Å². The number of pyridine rings is 2. The topological polar surface area (TPSA) is 155 Å². The molecular formula is C21H22F3N5O5S. The number of sulfone groups is 1. The van der Waals surface area contributed by atoms with Crippen molar-refractivity contribution in [2.24, 2.45) is 0 Å². The lowest BCUT2D eigenvalue weighted by Crippen LogP contribution is -2.30. The number of aliphatic carboxylic acids is 1. The molecule has 3 heterocycles. The summed E-state index contributed by atoms with van der Waals surface area (Å²) < 4.78 is 55.3. The van der Waals surface area contributed by atoms with Crippen LogP contribution in [0.15, 0.2) is 41.7 Å². The third-order valence-corrected chi connectivity index (χ3v) is 5.32. The number of H-pyrrole nitrogens is 1. The lowest BCUT2D eigenvalue weighted by Gasteiger charge is -2.06. The van der Waals surface area contributed by atoms with Crippen LogP contribution < -0.4 is 5.32 Å². The molecular weight excluding hydrogens is 491 g/mol. The number of imidazole rings is 1. The molecule has 0 bridgehead atoms. The third kappa shape index (κ3) is 7.60. The number of amides is 1. The minimum absolute atomic E-state index is 0.00289. The summed E-state index contributed by atoms with van der Waals surface area (Å²) in [6, 6.07) is 5.10. The molecule has 0 radical (unpaired) electrons. The van der Waals surface area contributed by atoms with Crippen LogP contribution in [0.5, 0.6) is 0 Å². The predicted molar refractivity (Wildman–Crippen MR) is 119 cm³/mol. The third-order valence-electron chi connectivity index (χ3n) is 4.24. The van der Waals surface area contributed by atoms with Crippen molar-refractivity contribution >= 4 is 21.7 Å². The molecule has 10 nitrogen and oxygen atoms in total. The van der Waals surface area contributed by atoms with E-state index < -0.39 is 22.0 Å². The van der Waals surface area contributed by atoms with E-state index in [0.29, 0.717) is 28.5 Å². The van der Waals surface area contributed by atoms with Gasteiger partial charge in [-0.25, -0.2) is 18.2 Å². The van der Waals surface area contributed by atoms with Gasteiger partial charge in [0.25, 0.3) is 5.91 Å². The Labute approximate surface area is 198 Å². The molecule has 3 aromatic heterocycles. The molecule has 0 aliphatic heterocycles. The molecule has 0 spiro atoms. The number of hydrogen-bond acceptors (Lipinski definition) is 7. The number of hydrogen-bond donors (Lipinski definition) is 3. The number of aromatic amines is 1. The molecule has 0 fully saturated rings. The van der Waals surface area contributed by atoms with Crippen molar-refractivity contribution in [1.82, 2.24) is 25.3 Å². The minimum Gasteiger partial charge on any atom is -0.475 e. The number of aryl methyl sites for hydroxylation is 1. The Kier molecular flexibility index (Phi) is 8.33. The van der Waals surface area contributed by atoms with Gasteiger partial charge < -0.3 is 15.4 Å². The summed E-state index contributed by atoms with van der Waals surface area (Å²) in [5, 5.41) is 9.94. The Hall–Kier alpha value is -3.81. The molecule has 0 unspecified atom stereocenters. The first-order chi connectivity index (χ1) is 16.1. The Morgan fingerprint density at radius 1 is 1.14 bits per heavy atom. The number of aromatic nitrogens is 4. The normalized spacial score (nSPS) is 11.5. The van der Waals surface area contributed by atoms with Crippen molar-refractivity contribution in [2.75, 3.05) is 6.26 Å². The number of alkyl halides is 3. The van der Waals surface area contributed by atoms with Gasteiger partial charge in [-0.3, -0.25) is 14.8 Å². The van der Waals surface area contributed by atoms with Crippen molar-refractivity contribution in [3.05, 3.63) is 48.2 Å². The molecule has 35 heavy (non-hydrogen) atoms. The SMILES string of the molecule is Cc1[nH]c(-c2cc(-c3cncc(S(C)(=O)=O)c3)ccn2)nc1C(=O)NC(C)C.O=C(O)C(F)(F)F. The first kappa shape index (κ1) is 27.4. The van der Waals surface area contributed by atoms with E-state index in [1.165, 1.54) is 6.20 Å². The second-order valence-corrected chi connectivity index (χ2v) is 9.62. The number of carbonyl (C=O) groups is 2. The summed E-state index contributed by atoms with van der Waals surface area (Å²) in [6.07, 6.45) is 0.559. The second-order valence-electron chi connectivity index (χ2n) is 7.60. The van der Waals surface area contributed by atoms with Gasteiger partial charge >= 0.3 is 12.1 Å². The van der Waals surface area contributed by atoms with Crippen LogP contribution in [0.1, 0.15) is 30.0 Å². The van der Waals surface area contributed by atoms with Crippen LogP contribution in [-0.4, -0.2) is 63.8 Å². The highest BCUT2D eigenvalue weighted by atomic mass is 32.2. The first-order valence-electron chi connectivity index (χ1n) is 9.89. The Balaban J connectivity index is 0.000000540. The molecule has 3 N–H and O–H groups in total. The van der Waals surface area contributed by atoms with E-state index in [2.05, 4.69) is 25.3 Å². The highest BCUT2D eigenvalue weighted by Gasteiger charge is 2.38. The molecule has 0 saturated heterocycles. The maximum atomic E-state index is 12.3. The molecule has 0 aliphatic carbocycles. The molecule has 0 saturated carbocycles. The molecule has 0 aliphatic rings. The van der Waals surface area contributed by atoms with Crippen molar-refractivity contribution in [3.63, 3.8) is 0 Å². The van der Waals surface area contributed by atoms with Crippen molar-refractivity contribution in [2.45, 2.75) is 37.9 Å².